The number of rotatable bonds is 6. The summed E-state index contributed by atoms with van der Waals surface area (Å²) in [6.45, 7) is 4.96. The molecule has 2 heterocycles. The Morgan fingerprint density at radius 2 is 2.04 bits per heavy atom. The SMILES string of the molecule is CCC(C)N(CC(=O)O)C(=O)C1CCN(c2nc3ccccc3o2)CC1. The molecule has 1 aromatic carbocycles. The highest BCUT2D eigenvalue weighted by molar-refractivity contribution is 5.83. The molecule has 0 saturated carbocycles. The van der Waals surface area contributed by atoms with Gasteiger partial charge in [0.05, 0.1) is 0 Å². The summed E-state index contributed by atoms with van der Waals surface area (Å²) < 4.78 is 5.80. The summed E-state index contributed by atoms with van der Waals surface area (Å²) in [5.41, 5.74) is 1.58. The molecule has 140 valence electrons. The Balaban J connectivity index is 1.64. The van der Waals surface area contributed by atoms with E-state index in [0.29, 0.717) is 31.9 Å². The molecule has 1 aliphatic heterocycles. The van der Waals surface area contributed by atoms with E-state index < -0.39 is 5.97 Å². The molecule has 26 heavy (non-hydrogen) atoms. The van der Waals surface area contributed by atoms with Crippen LogP contribution in [-0.4, -0.2) is 52.5 Å². The molecule has 3 rings (SSSR count). The number of piperidine rings is 1. The Bertz CT molecular complexity index is 747. The van der Waals surface area contributed by atoms with E-state index in [1.165, 1.54) is 4.90 Å². The molecule has 7 nitrogen and oxygen atoms in total. The second-order valence-electron chi connectivity index (χ2n) is 6.84. The van der Waals surface area contributed by atoms with Crippen molar-refractivity contribution in [3.05, 3.63) is 24.3 Å². The largest absolute Gasteiger partial charge is 0.480 e. The molecule has 1 amide bonds. The summed E-state index contributed by atoms with van der Waals surface area (Å²) in [6.07, 6.45) is 2.08. The molecule has 1 saturated heterocycles. The standard InChI is InChI=1S/C19H25N3O4/c1-3-13(2)22(12-17(23)24)18(25)14-8-10-21(11-9-14)19-20-15-6-4-5-7-16(15)26-19/h4-7,13-14H,3,8-12H2,1-2H3,(H,23,24). The van der Waals surface area contributed by atoms with Crippen LogP contribution in [0.5, 0.6) is 0 Å². The van der Waals surface area contributed by atoms with E-state index in [0.717, 1.165) is 17.5 Å². The number of carbonyl (C=O) groups is 2. The van der Waals surface area contributed by atoms with Crippen molar-refractivity contribution in [2.75, 3.05) is 24.5 Å². The Morgan fingerprint density at radius 1 is 1.35 bits per heavy atom. The Hall–Kier alpha value is -2.57. The average Bonchev–Trinajstić information content (AvgIpc) is 3.09. The summed E-state index contributed by atoms with van der Waals surface area (Å²) in [7, 11) is 0. The minimum atomic E-state index is -0.970. The minimum Gasteiger partial charge on any atom is -0.480 e. The van der Waals surface area contributed by atoms with Gasteiger partial charge in [0.25, 0.3) is 6.01 Å². The number of carboxylic acids is 1. The predicted octanol–water partition coefficient (Wildman–Crippen LogP) is 2.76. The van der Waals surface area contributed by atoms with Crippen molar-refractivity contribution in [1.29, 1.82) is 0 Å². The lowest BCUT2D eigenvalue weighted by Gasteiger charge is -2.35. The minimum absolute atomic E-state index is 0.0565. The molecule has 1 aliphatic rings. The molecular weight excluding hydrogens is 334 g/mol. The number of amides is 1. The van der Waals surface area contributed by atoms with Crippen LogP contribution in [0.1, 0.15) is 33.1 Å². The zero-order valence-electron chi connectivity index (χ0n) is 15.2. The van der Waals surface area contributed by atoms with Gasteiger partial charge in [-0.15, -0.1) is 0 Å². The van der Waals surface area contributed by atoms with Gasteiger partial charge in [-0.05, 0) is 38.3 Å². The van der Waals surface area contributed by atoms with E-state index in [-0.39, 0.29) is 24.4 Å². The first-order valence-electron chi connectivity index (χ1n) is 9.12. The van der Waals surface area contributed by atoms with Gasteiger partial charge in [-0.2, -0.15) is 4.98 Å². The summed E-state index contributed by atoms with van der Waals surface area (Å²) >= 11 is 0. The number of carboxylic acid groups (broad SMARTS) is 1. The maximum atomic E-state index is 12.8. The van der Waals surface area contributed by atoms with E-state index in [1.54, 1.807) is 0 Å². The van der Waals surface area contributed by atoms with Crippen molar-refractivity contribution in [1.82, 2.24) is 9.88 Å². The average molecular weight is 359 g/mol. The molecule has 7 heteroatoms. The molecule has 0 radical (unpaired) electrons. The summed E-state index contributed by atoms with van der Waals surface area (Å²) in [5.74, 6) is -1.18. The number of benzene rings is 1. The number of hydrogen-bond donors (Lipinski definition) is 1. The monoisotopic (exact) mass is 359 g/mol. The number of carbonyl (C=O) groups excluding carboxylic acids is 1. The number of hydrogen-bond acceptors (Lipinski definition) is 5. The fourth-order valence-corrected chi connectivity index (χ4v) is 3.36. The fraction of sp³-hybridized carbons (Fsp3) is 0.526. The van der Waals surface area contributed by atoms with Crippen LogP contribution in [-0.2, 0) is 9.59 Å². The van der Waals surface area contributed by atoms with Crippen LogP contribution < -0.4 is 4.90 Å². The molecule has 1 N–H and O–H groups in total. The van der Waals surface area contributed by atoms with Crippen LogP contribution in [0.2, 0.25) is 0 Å². The van der Waals surface area contributed by atoms with E-state index in [9.17, 15) is 9.59 Å². The summed E-state index contributed by atoms with van der Waals surface area (Å²) in [5, 5.41) is 9.11. The van der Waals surface area contributed by atoms with Gasteiger partial charge in [0, 0.05) is 25.0 Å². The van der Waals surface area contributed by atoms with Crippen LogP contribution in [0.4, 0.5) is 6.01 Å². The molecular formula is C19H25N3O4. The molecule has 1 atom stereocenters. The molecule has 1 fully saturated rings. The van der Waals surface area contributed by atoms with Crippen molar-refractivity contribution in [2.45, 2.75) is 39.2 Å². The van der Waals surface area contributed by atoms with E-state index >= 15 is 0 Å². The second-order valence-corrected chi connectivity index (χ2v) is 6.84. The van der Waals surface area contributed by atoms with Gasteiger partial charge >= 0.3 is 5.97 Å². The Morgan fingerprint density at radius 3 is 2.65 bits per heavy atom. The number of aliphatic carboxylic acids is 1. The van der Waals surface area contributed by atoms with E-state index in [1.807, 2.05) is 38.1 Å². The van der Waals surface area contributed by atoms with Crippen LogP contribution in [0, 0.1) is 5.92 Å². The van der Waals surface area contributed by atoms with Crippen molar-refractivity contribution in [3.63, 3.8) is 0 Å². The smallest absolute Gasteiger partial charge is 0.323 e. The summed E-state index contributed by atoms with van der Waals surface area (Å²) in [6, 6.07) is 8.14. The molecule has 1 unspecified atom stereocenters. The van der Waals surface area contributed by atoms with Crippen LogP contribution >= 0.6 is 0 Å². The molecule has 1 aromatic heterocycles. The Labute approximate surface area is 152 Å². The van der Waals surface area contributed by atoms with Crippen molar-refractivity contribution in [2.24, 2.45) is 5.92 Å². The third kappa shape index (κ3) is 3.81. The molecule has 0 spiro atoms. The lowest BCUT2D eigenvalue weighted by molar-refractivity contribution is -0.148. The summed E-state index contributed by atoms with van der Waals surface area (Å²) in [4.78, 5) is 32.0. The van der Waals surface area contributed by atoms with Crippen molar-refractivity contribution < 1.29 is 19.1 Å². The number of oxazole rings is 1. The fourth-order valence-electron chi connectivity index (χ4n) is 3.36. The number of fused-ring (bicyclic) bond motifs is 1. The van der Waals surface area contributed by atoms with Crippen molar-refractivity contribution in [3.8, 4) is 0 Å². The topological polar surface area (TPSA) is 86.9 Å². The predicted molar refractivity (Wildman–Crippen MR) is 98.0 cm³/mol. The highest BCUT2D eigenvalue weighted by atomic mass is 16.4. The van der Waals surface area contributed by atoms with Crippen molar-refractivity contribution >= 4 is 29.0 Å². The number of aromatic nitrogens is 1. The maximum Gasteiger partial charge on any atom is 0.323 e. The number of anilines is 1. The first kappa shape index (κ1) is 18.2. The van der Waals surface area contributed by atoms with Gasteiger partial charge in [-0.25, -0.2) is 0 Å². The highest BCUT2D eigenvalue weighted by Crippen LogP contribution is 2.27. The van der Waals surface area contributed by atoms with Gasteiger partial charge in [0.2, 0.25) is 5.91 Å². The Kier molecular flexibility index (Phi) is 5.44. The van der Waals surface area contributed by atoms with E-state index in [4.69, 9.17) is 9.52 Å². The van der Waals surface area contributed by atoms with Crippen LogP contribution in [0.15, 0.2) is 28.7 Å². The van der Waals surface area contributed by atoms with Gasteiger partial charge in [-0.1, -0.05) is 19.1 Å². The van der Waals surface area contributed by atoms with E-state index in [2.05, 4.69) is 9.88 Å². The zero-order chi connectivity index (χ0) is 18.7. The lowest BCUT2D eigenvalue weighted by Crippen LogP contribution is -2.47. The first-order valence-corrected chi connectivity index (χ1v) is 9.12. The molecule has 0 aliphatic carbocycles. The van der Waals surface area contributed by atoms with Gasteiger partial charge in [0.15, 0.2) is 5.58 Å². The third-order valence-electron chi connectivity index (χ3n) is 5.11. The van der Waals surface area contributed by atoms with Crippen LogP contribution in [0.25, 0.3) is 11.1 Å². The normalized spacial score (nSPS) is 16.6. The number of para-hydroxylation sites is 2. The quantitative estimate of drug-likeness (QED) is 0.853. The lowest BCUT2D eigenvalue weighted by atomic mass is 9.94. The van der Waals surface area contributed by atoms with Gasteiger partial charge in [0.1, 0.15) is 12.1 Å². The van der Waals surface area contributed by atoms with Gasteiger partial charge < -0.3 is 19.3 Å². The maximum absolute atomic E-state index is 12.8. The highest BCUT2D eigenvalue weighted by Gasteiger charge is 2.32. The molecule has 2 aromatic rings. The third-order valence-corrected chi connectivity index (χ3v) is 5.11. The first-order chi connectivity index (χ1) is 12.5. The number of nitrogens with zero attached hydrogens (tertiary/aromatic N) is 3. The molecule has 0 bridgehead atoms. The second kappa shape index (κ2) is 7.76. The van der Waals surface area contributed by atoms with Gasteiger partial charge in [-0.3, -0.25) is 9.59 Å². The van der Waals surface area contributed by atoms with Crippen LogP contribution in [0.3, 0.4) is 0 Å². The zero-order valence-corrected chi connectivity index (χ0v) is 15.2.